The summed E-state index contributed by atoms with van der Waals surface area (Å²) >= 11 is 6.05. The SMILES string of the molecule is COC(=O)c1cc(-c2ccc(/C=N\NC(=O)[C@@H]3[C@@H]4CCCC[C@]34C)o2)ccc1Cl. The number of amides is 1. The normalized spacial score (nSPS) is 25.5. The molecule has 7 heteroatoms. The summed E-state index contributed by atoms with van der Waals surface area (Å²) in [6.45, 7) is 2.21. The van der Waals surface area contributed by atoms with Gasteiger partial charge in [0.15, 0.2) is 0 Å². The van der Waals surface area contributed by atoms with E-state index in [1.165, 1.54) is 26.2 Å². The van der Waals surface area contributed by atoms with Crippen molar-refractivity contribution in [3.63, 3.8) is 0 Å². The van der Waals surface area contributed by atoms with Gasteiger partial charge in [0.25, 0.3) is 0 Å². The quantitative estimate of drug-likeness (QED) is 0.438. The zero-order valence-corrected chi connectivity index (χ0v) is 17.2. The first-order valence-electron chi connectivity index (χ1n) is 9.75. The molecule has 2 aliphatic carbocycles. The van der Waals surface area contributed by atoms with Gasteiger partial charge in [-0.3, -0.25) is 4.79 Å². The second-order valence-corrected chi connectivity index (χ2v) is 8.37. The standard InChI is InChI=1S/C22H23ClN2O4/c1-22-10-4-3-5-16(22)19(22)20(26)25-24-12-14-7-9-18(29-14)13-6-8-17(23)15(11-13)21(27)28-2/h6-9,11-12,16,19H,3-5,10H2,1-2H3,(H,25,26)/b24-12-/t16-,19-,22-/m0/s1. The molecule has 1 aromatic heterocycles. The molecule has 1 N–H and O–H groups in total. The Morgan fingerprint density at radius 1 is 1.31 bits per heavy atom. The van der Waals surface area contributed by atoms with Crippen molar-refractivity contribution in [2.75, 3.05) is 7.11 Å². The summed E-state index contributed by atoms with van der Waals surface area (Å²) in [5.74, 6) is 1.09. The van der Waals surface area contributed by atoms with E-state index in [1.807, 2.05) is 0 Å². The second kappa shape index (κ2) is 7.67. The van der Waals surface area contributed by atoms with Crippen LogP contribution >= 0.6 is 11.6 Å². The van der Waals surface area contributed by atoms with Crippen LogP contribution in [0.25, 0.3) is 11.3 Å². The maximum atomic E-state index is 12.4. The highest BCUT2D eigenvalue weighted by molar-refractivity contribution is 6.33. The number of carbonyl (C=O) groups excluding carboxylic acids is 2. The number of hydrogen-bond acceptors (Lipinski definition) is 5. The van der Waals surface area contributed by atoms with Gasteiger partial charge in [-0.15, -0.1) is 0 Å². The Morgan fingerprint density at radius 2 is 2.14 bits per heavy atom. The molecule has 0 saturated heterocycles. The van der Waals surface area contributed by atoms with Crippen LogP contribution < -0.4 is 5.43 Å². The summed E-state index contributed by atoms with van der Waals surface area (Å²) in [5, 5.41) is 4.37. The highest BCUT2D eigenvalue weighted by Gasteiger charge is 2.64. The zero-order chi connectivity index (χ0) is 20.6. The number of ether oxygens (including phenoxy) is 1. The van der Waals surface area contributed by atoms with E-state index in [0.29, 0.717) is 28.0 Å². The van der Waals surface area contributed by atoms with Gasteiger partial charge in [-0.2, -0.15) is 5.10 Å². The Hall–Kier alpha value is -2.60. The van der Waals surface area contributed by atoms with Crippen LogP contribution in [0.3, 0.4) is 0 Å². The average molecular weight is 415 g/mol. The topological polar surface area (TPSA) is 80.9 Å². The van der Waals surface area contributed by atoms with E-state index in [2.05, 4.69) is 17.5 Å². The van der Waals surface area contributed by atoms with Gasteiger partial charge in [0.1, 0.15) is 11.5 Å². The predicted octanol–water partition coefficient (Wildman–Crippen LogP) is 4.66. The maximum Gasteiger partial charge on any atom is 0.339 e. The molecule has 6 nitrogen and oxygen atoms in total. The van der Waals surface area contributed by atoms with Crippen LogP contribution in [-0.2, 0) is 9.53 Å². The lowest BCUT2D eigenvalue weighted by Crippen LogP contribution is -2.22. The maximum absolute atomic E-state index is 12.4. The number of nitrogens with one attached hydrogen (secondary N) is 1. The summed E-state index contributed by atoms with van der Waals surface area (Å²) < 4.78 is 10.5. The fourth-order valence-corrected chi connectivity index (χ4v) is 4.80. The molecule has 0 aliphatic heterocycles. The van der Waals surface area contributed by atoms with Crippen LogP contribution in [0, 0.1) is 17.3 Å². The van der Waals surface area contributed by atoms with Crippen molar-refractivity contribution in [3.05, 3.63) is 46.7 Å². The van der Waals surface area contributed by atoms with Crippen molar-refractivity contribution in [2.24, 2.45) is 22.4 Å². The number of halogens is 1. The van der Waals surface area contributed by atoms with Crippen molar-refractivity contribution in [2.45, 2.75) is 32.6 Å². The molecule has 2 aromatic rings. The lowest BCUT2D eigenvalue weighted by atomic mass is 9.90. The van der Waals surface area contributed by atoms with E-state index in [4.69, 9.17) is 20.8 Å². The third kappa shape index (κ3) is 3.69. The molecule has 1 aromatic carbocycles. The number of carbonyl (C=O) groups is 2. The first-order chi connectivity index (χ1) is 13.9. The lowest BCUT2D eigenvalue weighted by molar-refractivity contribution is -0.123. The smallest absolute Gasteiger partial charge is 0.339 e. The number of furan rings is 1. The largest absolute Gasteiger partial charge is 0.465 e. The average Bonchev–Trinajstić information content (AvgIpc) is 3.08. The van der Waals surface area contributed by atoms with Crippen molar-refractivity contribution in [1.82, 2.24) is 5.43 Å². The summed E-state index contributed by atoms with van der Waals surface area (Å²) in [5.41, 5.74) is 3.77. The van der Waals surface area contributed by atoms with Gasteiger partial charge in [0, 0.05) is 11.5 Å². The van der Waals surface area contributed by atoms with E-state index in [1.54, 1.807) is 30.3 Å². The van der Waals surface area contributed by atoms with Gasteiger partial charge in [0.05, 0.1) is 23.9 Å². The number of nitrogens with zero attached hydrogens (tertiary/aromatic N) is 1. The Bertz CT molecular complexity index is 983. The fraction of sp³-hybridized carbons (Fsp3) is 0.409. The van der Waals surface area contributed by atoms with E-state index >= 15 is 0 Å². The molecule has 3 atom stereocenters. The minimum atomic E-state index is -0.512. The van der Waals surface area contributed by atoms with Crippen LogP contribution in [0.15, 0.2) is 39.9 Å². The van der Waals surface area contributed by atoms with Crippen LogP contribution in [0.1, 0.15) is 48.7 Å². The number of esters is 1. The Balaban J connectivity index is 1.41. The molecule has 2 aliphatic rings. The Labute approximate surface area is 174 Å². The molecular formula is C22H23ClN2O4. The van der Waals surface area contributed by atoms with Gasteiger partial charge in [0.2, 0.25) is 5.91 Å². The highest BCUT2D eigenvalue weighted by atomic mass is 35.5. The van der Waals surface area contributed by atoms with Crippen molar-refractivity contribution in [3.8, 4) is 11.3 Å². The number of hydrogen-bond donors (Lipinski definition) is 1. The first kappa shape index (κ1) is 19.7. The summed E-state index contributed by atoms with van der Waals surface area (Å²) in [4.78, 5) is 24.2. The van der Waals surface area contributed by atoms with Crippen LogP contribution in [-0.4, -0.2) is 25.2 Å². The fourth-order valence-electron chi connectivity index (χ4n) is 4.60. The monoisotopic (exact) mass is 414 g/mol. The highest BCUT2D eigenvalue weighted by Crippen LogP contribution is 2.66. The van der Waals surface area contributed by atoms with Gasteiger partial charge in [-0.05, 0) is 54.5 Å². The molecule has 0 unspecified atom stereocenters. The molecule has 1 heterocycles. The predicted molar refractivity (Wildman–Crippen MR) is 110 cm³/mol. The molecular weight excluding hydrogens is 392 g/mol. The Kier molecular flexibility index (Phi) is 5.21. The number of benzene rings is 1. The molecule has 0 radical (unpaired) electrons. The van der Waals surface area contributed by atoms with Gasteiger partial charge in [-0.1, -0.05) is 31.4 Å². The molecule has 29 heavy (non-hydrogen) atoms. The third-order valence-electron chi connectivity index (χ3n) is 6.26. The summed E-state index contributed by atoms with van der Waals surface area (Å²) in [6.07, 6.45) is 6.15. The molecule has 2 saturated carbocycles. The third-order valence-corrected chi connectivity index (χ3v) is 6.59. The van der Waals surface area contributed by atoms with Crippen LogP contribution in [0.5, 0.6) is 0 Å². The van der Waals surface area contributed by atoms with Crippen LogP contribution in [0.2, 0.25) is 5.02 Å². The van der Waals surface area contributed by atoms with Gasteiger partial charge >= 0.3 is 5.97 Å². The van der Waals surface area contributed by atoms with Crippen molar-refractivity contribution < 1.29 is 18.7 Å². The molecule has 2 fully saturated rings. The van der Waals surface area contributed by atoms with E-state index < -0.39 is 5.97 Å². The van der Waals surface area contributed by atoms with Crippen molar-refractivity contribution in [1.29, 1.82) is 0 Å². The van der Waals surface area contributed by atoms with Gasteiger partial charge in [-0.25, -0.2) is 10.2 Å². The molecule has 1 amide bonds. The van der Waals surface area contributed by atoms with E-state index in [0.717, 1.165) is 12.8 Å². The molecule has 152 valence electrons. The minimum absolute atomic E-state index is 0.0112. The zero-order valence-electron chi connectivity index (χ0n) is 16.4. The Morgan fingerprint density at radius 3 is 2.86 bits per heavy atom. The van der Waals surface area contributed by atoms with Gasteiger partial charge < -0.3 is 9.15 Å². The number of methoxy groups -OCH3 is 1. The number of rotatable bonds is 5. The minimum Gasteiger partial charge on any atom is -0.465 e. The van der Waals surface area contributed by atoms with Crippen LogP contribution in [0.4, 0.5) is 0 Å². The molecule has 4 rings (SSSR count). The summed E-state index contributed by atoms with van der Waals surface area (Å²) in [7, 11) is 1.30. The summed E-state index contributed by atoms with van der Waals surface area (Å²) in [6, 6.07) is 8.51. The molecule has 0 bridgehead atoms. The second-order valence-electron chi connectivity index (χ2n) is 7.96. The van der Waals surface area contributed by atoms with Crippen molar-refractivity contribution >= 4 is 29.7 Å². The lowest BCUT2D eigenvalue weighted by Gasteiger charge is -2.15. The first-order valence-corrected chi connectivity index (χ1v) is 10.1. The number of hydrazone groups is 1. The number of fused-ring (bicyclic) bond motifs is 1. The molecule has 0 spiro atoms. The van der Waals surface area contributed by atoms with E-state index in [-0.39, 0.29) is 22.8 Å². The van der Waals surface area contributed by atoms with E-state index in [9.17, 15) is 9.59 Å².